The van der Waals surface area contributed by atoms with Gasteiger partial charge in [-0.15, -0.1) is 0 Å². The molecule has 23 heavy (non-hydrogen) atoms. The molecular weight excluding hydrogens is 331 g/mol. The molecule has 0 bridgehead atoms. The van der Waals surface area contributed by atoms with Crippen LogP contribution in [0.5, 0.6) is 0 Å². The van der Waals surface area contributed by atoms with Gasteiger partial charge in [0.15, 0.2) is 0 Å². The van der Waals surface area contributed by atoms with Gasteiger partial charge in [0.25, 0.3) is 0 Å². The van der Waals surface area contributed by atoms with Crippen LogP contribution in [0.25, 0.3) is 5.57 Å². The molecule has 1 amide bonds. The van der Waals surface area contributed by atoms with E-state index in [0.29, 0.717) is 22.3 Å². The van der Waals surface area contributed by atoms with Gasteiger partial charge in [-0.2, -0.15) is 0 Å². The zero-order chi connectivity index (χ0) is 16.4. The van der Waals surface area contributed by atoms with Crippen molar-refractivity contribution in [2.24, 2.45) is 0 Å². The minimum atomic E-state index is -0.159. The van der Waals surface area contributed by atoms with Crippen LogP contribution in [0.2, 0.25) is 10.0 Å². The van der Waals surface area contributed by atoms with Crippen LogP contribution in [0.1, 0.15) is 23.6 Å². The molecule has 3 rings (SSSR count). The lowest BCUT2D eigenvalue weighted by Gasteiger charge is -2.32. The highest BCUT2D eigenvalue weighted by molar-refractivity contribution is 6.31. The number of rotatable bonds is 3. The quantitative estimate of drug-likeness (QED) is 0.653. The minimum absolute atomic E-state index is 0.159. The number of halogens is 2. The topological polar surface area (TPSA) is 46.3 Å². The maximum absolute atomic E-state index is 11.4. The fraction of sp³-hybridized carbons (Fsp3) is 0.167. The summed E-state index contributed by atoms with van der Waals surface area (Å²) in [4.78, 5) is 13.2. The van der Waals surface area contributed by atoms with Crippen molar-refractivity contribution in [1.29, 1.82) is 0 Å². The average Bonchev–Trinajstić information content (AvgIpc) is 2.56. The van der Waals surface area contributed by atoms with Crippen molar-refractivity contribution in [3.8, 4) is 0 Å². The Morgan fingerprint density at radius 3 is 2.65 bits per heavy atom. The summed E-state index contributed by atoms with van der Waals surface area (Å²) in [5.41, 5.74) is 9.77. The van der Waals surface area contributed by atoms with Gasteiger partial charge in [0, 0.05) is 27.8 Å². The molecule has 1 aliphatic rings. The lowest BCUT2D eigenvalue weighted by Crippen LogP contribution is -2.30. The van der Waals surface area contributed by atoms with Crippen molar-refractivity contribution in [1.82, 2.24) is 4.90 Å². The highest BCUT2D eigenvalue weighted by Gasteiger charge is 2.24. The molecule has 1 heterocycles. The molecule has 2 aromatic carbocycles. The zero-order valence-electron chi connectivity index (χ0n) is 12.4. The second-order valence-corrected chi connectivity index (χ2v) is 6.39. The third-order valence-electron chi connectivity index (χ3n) is 4.04. The Morgan fingerprint density at radius 1 is 1.13 bits per heavy atom. The first-order valence-corrected chi connectivity index (χ1v) is 8.06. The Kier molecular flexibility index (Phi) is 4.60. The predicted molar refractivity (Wildman–Crippen MR) is 95.4 cm³/mol. The van der Waals surface area contributed by atoms with Crippen molar-refractivity contribution >= 4 is 40.9 Å². The summed E-state index contributed by atoms with van der Waals surface area (Å²) in [7, 11) is 0. The monoisotopic (exact) mass is 346 g/mol. The molecule has 3 nitrogen and oxygen atoms in total. The zero-order valence-corrected chi connectivity index (χ0v) is 13.9. The van der Waals surface area contributed by atoms with E-state index in [-0.39, 0.29) is 6.04 Å². The Morgan fingerprint density at radius 2 is 1.91 bits per heavy atom. The van der Waals surface area contributed by atoms with Gasteiger partial charge in [0.1, 0.15) is 0 Å². The Labute approximate surface area is 145 Å². The van der Waals surface area contributed by atoms with Crippen molar-refractivity contribution in [2.45, 2.75) is 12.5 Å². The van der Waals surface area contributed by atoms with Gasteiger partial charge in [0.05, 0.1) is 6.04 Å². The minimum Gasteiger partial charge on any atom is -0.398 e. The molecule has 0 aromatic heterocycles. The second-order valence-electron chi connectivity index (χ2n) is 5.52. The summed E-state index contributed by atoms with van der Waals surface area (Å²) in [5, 5.41) is 1.29. The van der Waals surface area contributed by atoms with E-state index in [4.69, 9.17) is 28.9 Å². The van der Waals surface area contributed by atoms with Crippen LogP contribution in [-0.2, 0) is 4.79 Å². The molecule has 0 saturated heterocycles. The summed E-state index contributed by atoms with van der Waals surface area (Å²) >= 11 is 12.2. The first-order chi connectivity index (χ1) is 11.1. The number of hydrogen-bond acceptors (Lipinski definition) is 2. The highest BCUT2D eigenvalue weighted by atomic mass is 35.5. The van der Waals surface area contributed by atoms with Gasteiger partial charge in [-0.05, 0) is 47.9 Å². The van der Waals surface area contributed by atoms with Crippen LogP contribution < -0.4 is 5.73 Å². The molecular formula is C18H16Cl2N2O. The van der Waals surface area contributed by atoms with Crippen molar-refractivity contribution in [2.75, 3.05) is 12.3 Å². The number of carbonyl (C=O) groups excluding carboxylic acids is 1. The number of carbonyl (C=O) groups is 1. The average molecular weight is 347 g/mol. The summed E-state index contributed by atoms with van der Waals surface area (Å²) in [5.74, 6) is 0. The van der Waals surface area contributed by atoms with Crippen molar-refractivity contribution < 1.29 is 4.79 Å². The van der Waals surface area contributed by atoms with Gasteiger partial charge in [0.2, 0.25) is 6.41 Å². The van der Waals surface area contributed by atoms with E-state index in [9.17, 15) is 4.79 Å². The van der Waals surface area contributed by atoms with Crippen LogP contribution in [0, 0.1) is 0 Å². The molecule has 0 saturated carbocycles. The molecule has 2 N–H and O–H groups in total. The summed E-state index contributed by atoms with van der Waals surface area (Å²) in [6.07, 6.45) is 3.67. The number of hydrogen-bond donors (Lipinski definition) is 1. The Hall–Kier alpha value is -1.97. The summed E-state index contributed by atoms with van der Waals surface area (Å²) < 4.78 is 0. The standard InChI is InChI=1S/C18H16Cl2N2O/c19-14-3-1-2-13(8-14)18-9-12(6-7-22(18)11-23)16-10-15(20)4-5-17(16)21/h1-5,8-11,18H,6-7,21H2. The largest absolute Gasteiger partial charge is 0.398 e. The number of nitrogens with two attached hydrogens (primary N) is 1. The number of amides is 1. The maximum atomic E-state index is 11.4. The molecule has 2 aromatic rings. The van der Waals surface area contributed by atoms with Gasteiger partial charge < -0.3 is 10.6 Å². The Bertz CT molecular complexity index is 773. The van der Waals surface area contributed by atoms with Gasteiger partial charge >= 0.3 is 0 Å². The first-order valence-electron chi connectivity index (χ1n) is 7.31. The smallest absolute Gasteiger partial charge is 0.210 e. The number of anilines is 1. The maximum Gasteiger partial charge on any atom is 0.210 e. The normalized spacial score (nSPS) is 17.7. The number of benzene rings is 2. The summed E-state index contributed by atoms with van der Waals surface area (Å²) in [6, 6.07) is 12.8. The number of nitrogens with zero attached hydrogens (tertiary/aromatic N) is 1. The Balaban J connectivity index is 2.05. The van der Waals surface area contributed by atoms with E-state index in [2.05, 4.69) is 6.08 Å². The van der Waals surface area contributed by atoms with E-state index in [1.807, 2.05) is 30.3 Å². The first kappa shape index (κ1) is 15.9. The lowest BCUT2D eigenvalue weighted by molar-refractivity contribution is -0.119. The van der Waals surface area contributed by atoms with Crippen molar-refractivity contribution in [3.63, 3.8) is 0 Å². The van der Waals surface area contributed by atoms with E-state index >= 15 is 0 Å². The van der Waals surface area contributed by atoms with Crippen LogP contribution >= 0.6 is 23.2 Å². The van der Waals surface area contributed by atoms with E-state index in [0.717, 1.165) is 29.5 Å². The molecule has 0 radical (unpaired) electrons. The SMILES string of the molecule is Nc1ccc(Cl)cc1C1=CC(c2cccc(Cl)c2)N(C=O)CC1. The fourth-order valence-corrected chi connectivity index (χ4v) is 3.26. The van der Waals surface area contributed by atoms with Gasteiger partial charge in [-0.1, -0.05) is 41.4 Å². The van der Waals surface area contributed by atoms with Crippen LogP contribution in [0.4, 0.5) is 5.69 Å². The second kappa shape index (κ2) is 6.65. The van der Waals surface area contributed by atoms with Gasteiger partial charge in [-0.3, -0.25) is 4.79 Å². The van der Waals surface area contributed by atoms with E-state index in [1.54, 1.807) is 17.0 Å². The molecule has 0 spiro atoms. The summed E-state index contributed by atoms with van der Waals surface area (Å²) in [6.45, 7) is 0.623. The predicted octanol–water partition coefficient (Wildman–Crippen LogP) is 4.56. The van der Waals surface area contributed by atoms with Crippen LogP contribution in [-0.4, -0.2) is 17.9 Å². The molecule has 118 valence electrons. The third kappa shape index (κ3) is 3.36. The molecule has 5 heteroatoms. The third-order valence-corrected chi connectivity index (χ3v) is 4.51. The van der Waals surface area contributed by atoms with Crippen LogP contribution in [0.15, 0.2) is 48.5 Å². The molecule has 1 atom stereocenters. The molecule has 0 aliphatic carbocycles. The van der Waals surface area contributed by atoms with Crippen molar-refractivity contribution in [3.05, 3.63) is 69.7 Å². The van der Waals surface area contributed by atoms with E-state index < -0.39 is 0 Å². The van der Waals surface area contributed by atoms with E-state index in [1.165, 1.54) is 0 Å². The highest BCUT2D eigenvalue weighted by Crippen LogP contribution is 2.36. The number of nitrogen functional groups attached to an aromatic ring is 1. The van der Waals surface area contributed by atoms with Crippen LogP contribution in [0.3, 0.4) is 0 Å². The lowest BCUT2D eigenvalue weighted by atomic mass is 9.92. The fourth-order valence-electron chi connectivity index (χ4n) is 2.89. The molecule has 1 aliphatic heterocycles. The molecule has 1 unspecified atom stereocenters. The van der Waals surface area contributed by atoms with Gasteiger partial charge in [-0.25, -0.2) is 0 Å². The molecule has 0 fully saturated rings.